The average molecular weight is 375 g/mol. The lowest BCUT2D eigenvalue weighted by atomic mass is 9.79. The van der Waals surface area contributed by atoms with Crippen molar-refractivity contribution in [2.75, 3.05) is 7.05 Å². The minimum atomic E-state index is -0.391. The van der Waals surface area contributed by atoms with Gasteiger partial charge in [0.15, 0.2) is 0 Å². The van der Waals surface area contributed by atoms with Crippen molar-refractivity contribution in [1.29, 1.82) is 0 Å². The molecule has 0 aromatic rings. The number of carbonyl (C=O) groups excluding carboxylic acids is 2. The van der Waals surface area contributed by atoms with Crippen molar-refractivity contribution in [1.82, 2.24) is 9.96 Å². The molecule has 5 nitrogen and oxygen atoms in total. The predicted octanol–water partition coefficient (Wildman–Crippen LogP) is 3.77. The van der Waals surface area contributed by atoms with E-state index in [1.807, 2.05) is 0 Å². The molecule has 0 radical (unpaired) electrons. The molecule has 5 heteroatoms. The smallest absolute Gasteiger partial charge is 0.250 e. The SMILES string of the molecule is CN(O)C(=O)C1C2C=CC(C2)C1C(=O)N(C1CCCCC1)C1CCCCC1. The lowest BCUT2D eigenvalue weighted by Crippen LogP contribution is -2.54. The number of allylic oxidation sites excluding steroid dienone is 2. The highest BCUT2D eigenvalue weighted by atomic mass is 16.5. The van der Waals surface area contributed by atoms with E-state index in [4.69, 9.17) is 0 Å². The second-order valence-electron chi connectivity index (χ2n) is 9.19. The Kier molecular flexibility index (Phi) is 5.58. The maximum Gasteiger partial charge on any atom is 0.250 e. The molecule has 150 valence electrons. The van der Waals surface area contributed by atoms with Crippen molar-refractivity contribution in [2.45, 2.75) is 82.7 Å². The van der Waals surface area contributed by atoms with Crippen LogP contribution in [0, 0.1) is 23.7 Å². The standard InChI is InChI=1S/C22H34N2O3/c1-23(27)21(25)19-15-12-13-16(14-15)20(19)22(26)24(17-8-4-2-5-9-17)18-10-6-3-7-11-18/h12-13,15-20,27H,2-11,14H2,1H3. The van der Waals surface area contributed by atoms with Crippen LogP contribution in [0.1, 0.15) is 70.6 Å². The summed E-state index contributed by atoms with van der Waals surface area (Å²) >= 11 is 0. The molecule has 4 atom stereocenters. The number of fused-ring (bicyclic) bond motifs is 2. The van der Waals surface area contributed by atoms with Crippen LogP contribution in [0.4, 0.5) is 0 Å². The second-order valence-corrected chi connectivity index (χ2v) is 9.19. The fraction of sp³-hybridized carbons (Fsp3) is 0.818. The average Bonchev–Trinajstić information content (AvgIpc) is 3.30. The van der Waals surface area contributed by atoms with Crippen LogP contribution in [-0.2, 0) is 9.59 Å². The lowest BCUT2D eigenvalue weighted by Gasteiger charge is -2.44. The summed E-state index contributed by atoms with van der Waals surface area (Å²) in [5, 5.41) is 10.5. The van der Waals surface area contributed by atoms with Gasteiger partial charge in [0.1, 0.15) is 0 Å². The van der Waals surface area contributed by atoms with Gasteiger partial charge in [0.2, 0.25) is 11.8 Å². The Morgan fingerprint density at radius 2 is 1.22 bits per heavy atom. The summed E-state index contributed by atoms with van der Waals surface area (Å²) in [6.07, 6.45) is 16.9. The summed E-state index contributed by atoms with van der Waals surface area (Å²) in [6.45, 7) is 0. The molecule has 27 heavy (non-hydrogen) atoms. The molecule has 4 unspecified atom stereocenters. The molecule has 3 saturated carbocycles. The first-order valence-electron chi connectivity index (χ1n) is 11.0. The van der Waals surface area contributed by atoms with Gasteiger partial charge in [-0.15, -0.1) is 0 Å². The van der Waals surface area contributed by atoms with Crippen molar-refractivity contribution in [2.24, 2.45) is 23.7 Å². The monoisotopic (exact) mass is 374 g/mol. The van der Waals surface area contributed by atoms with Crippen molar-refractivity contribution in [3.63, 3.8) is 0 Å². The molecule has 2 bridgehead atoms. The Balaban J connectivity index is 1.61. The van der Waals surface area contributed by atoms with Crippen molar-refractivity contribution >= 4 is 11.8 Å². The van der Waals surface area contributed by atoms with Gasteiger partial charge in [0, 0.05) is 19.1 Å². The van der Waals surface area contributed by atoms with Gasteiger partial charge in [-0.1, -0.05) is 50.7 Å². The number of hydroxylamine groups is 2. The van der Waals surface area contributed by atoms with E-state index in [9.17, 15) is 14.8 Å². The maximum absolute atomic E-state index is 13.9. The largest absolute Gasteiger partial charge is 0.336 e. The summed E-state index contributed by atoms with van der Waals surface area (Å²) < 4.78 is 0. The van der Waals surface area contributed by atoms with E-state index in [-0.39, 0.29) is 29.6 Å². The first kappa shape index (κ1) is 19.0. The van der Waals surface area contributed by atoms with Crippen molar-refractivity contribution in [3.05, 3.63) is 12.2 Å². The number of nitrogens with zero attached hydrogens (tertiary/aromatic N) is 2. The minimum absolute atomic E-state index is 0.102. The van der Waals surface area contributed by atoms with Gasteiger partial charge in [-0.25, -0.2) is 5.06 Å². The van der Waals surface area contributed by atoms with E-state index in [0.29, 0.717) is 17.1 Å². The fourth-order valence-electron chi connectivity index (χ4n) is 6.26. The van der Waals surface area contributed by atoms with Gasteiger partial charge in [-0.05, 0) is 43.9 Å². The summed E-state index contributed by atoms with van der Waals surface area (Å²) in [6, 6.07) is 0.695. The Morgan fingerprint density at radius 3 is 1.67 bits per heavy atom. The Hall–Kier alpha value is -1.36. The van der Waals surface area contributed by atoms with E-state index in [1.165, 1.54) is 45.6 Å². The van der Waals surface area contributed by atoms with Crippen molar-refractivity contribution in [3.8, 4) is 0 Å². The minimum Gasteiger partial charge on any atom is -0.336 e. The van der Waals surface area contributed by atoms with Gasteiger partial charge in [-0.2, -0.15) is 0 Å². The van der Waals surface area contributed by atoms with Gasteiger partial charge in [0.05, 0.1) is 11.8 Å². The molecular weight excluding hydrogens is 340 g/mol. The third-order valence-corrected chi connectivity index (χ3v) is 7.54. The van der Waals surface area contributed by atoms with E-state index in [1.54, 1.807) is 0 Å². The first-order valence-corrected chi connectivity index (χ1v) is 11.0. The van der Waals surface area contributed by atoms with Crippen LogP contribution >= 0.6 is 0 Å². The van der Waals surface area contributed by atoms with E-state index >= 15 is 0 Å². The van der Waals surface area contributed by atoms with Crippen LogP contribution in [0.2, 0.25) is 0 Å². The molecule has 2 amide bonds. The normalized spacial score (nSPS) is 34.0. The first-order chi connectivity index (χ1) is 13.1. The van der Waals surface area contributed by atoms with E-state index in [0.717, 1.165) is 32.1 Å². The number of rotatable bonds is 4. The highest BCUT2D eigenvalue weighted by molar-refractivity contribution is 5.89. The fourth-order valence-corrected chi connectivity index (χ4v) is 6.26. The van der Waals surface area contributed by atoms with Crippen LogP contribution in [0.3, 0.4) is 0 Å². The highest BCUT2D eigenvalue weighted by Crippen LogP contribution is 2.50. The number of hydrogen-bond donors (Lipinski definition) is 1. The summed E-state index contributed by atoms with van der Waals surface area (Å²) in [5.41, 5.74) is 0. The topological polar surface area (TPSA) is 60.9 Å². The van der Waals surface area contributed by atoms with Crippen LogP contribution in [-0.4, -0.2) is 46.1 Å². The third-order valence-electron chi connectivity index (χ3n) is 7.54. The second kappa shape index (κ2) is 7.94. The third kappa shape index (κ3) is 3.55. The van der Waals surface area contributed by atoms with Gasteiger partial charge < -0.3 is 4.90 Å². The van der Waals surface area contributed by atoms with Crippen LogP contribution in [0.5, 0.6) is 0 Å². The Morgan fingerprint density at radius 1 is 0.778 bits per heavy atom. The molecule has 0 saturated heterocycles. The molecule has 0 heterocycles. The van der Waals surface area contributed by atoms with Crippen molar-refractivity contribution < 1.29 is 14.8 Å². The summed E-state index contributed by atoms with van der Waals surface area (Å²) in [5.74, 6) is -0.511. The number of carbonyl (C=O) groups is 2. The number of amides is 2. The van der Waals surface area contributed by atoms with E-state index in [2.05, 4.69) is 17.1 Å². The highest BCUT2D eigenvalue weighted by Gasteiger charge is 2.54. The Labute approximate surface area is 162 Å². The van der Waals surface area contributed by atoms with Gasteiger partial charge >= 0.3 is 0 Å². The molecule has 0 aromatic heterocycles. The van der Waals surface area contributed by atoms with Gasteiger partial charge in [-0.3, -0.25) is 14.8 Å². The predicted molar refractivity (Wildman–Crippen MR) is 103 cm³/mol. The zero-order valence-electron chi connectivity index (χ0n) is 16.6. The van der Waals surface area contributed by atoms with E-state index < -0.39 is 5.92 Å². The molecule has 1 N–H and O–H groups in total. The van der Waals surface area contributed by atoms with Crippen LogP contribution in [0.25, 0.3) is 0 Å². The zero-order valence-corrected chi connectivity index (χ0v) is 16.6. The molecule has 3 fully saturated rings. The molecule has 4 aliphatic carbocycles. The number of hydrogen-bond acceptors (Lipinski definition) is 3. The molecule has 0 aromatic carbocycles. The molecule has 0 spiro atoms. The van der Waals surface area contributed by atoms with Crippen LogP contribution in [0.15, 0.2) is 12.2 Å². The lowest BCUT2D eigenvalue weighted by molar-refractivity contribution is -0.170. The maximum atomic E-state index is 13.9. The Bertz CT molecular complexity index is 572. The zero-order chi connectivity index (χ0) is 19.0. The summed E-state index contributed by atoms with van der Waals surface area (Å²) in [4.78, 5) is 28.9. The molecule has 4 rings (SSSR count). The van der Waals surface area contributed by atoms with Crippen LogP contribution < -0.4 is 0 Å². The van der Waals surface area contributed by atoms with Gasteiger partial charge in [0.25, 0.3) is 0 Å². The summed E-state index contributed by atoms with van der Waals surface area (Å²) in [7, 11) is 1.39. The molecule has 0 aliphatic heterocycles. The molecular formula is C22H34N2O3. The quantitative estimate of drug-likeness (QED) is 0.463. The molecule has 4 aliphatic rings.